The van der Waals surface area contributed by atoms with E-state index in [9.17, 15) is 14.7 Å². The quantitative estimate of drug-likeness (QED) is 0.905. The van der Waals surface area contributed by atoms with Crippen molar-refractivity contribution in [1.82, 2.24) is 0 Å². The topological polar surface area (TPSA) is 66.4 Å². The van der Waals surface area contributed by atoms with Gasteiger partial charge in [-0.3, -0.25) is 4.79 Å². The molecule has 0 unspecified atom stereocenters. The molecule has 2 rings (SSSR count). The van der Waals surface area contributed by atoms with E-state index in [0.29, 0.717) is 16.8 Å². The molecule has 2 aromatic carbocycles. The summed E-state index contributed by atoms with van der Waals surface area (Å²) >= 11 is 0. The monoisotopic (exact) mass is 283 g/mol. The molecule has 0 heterocycles. The van der Waals surface area contributed by atoms with Gasteiger partial charge in [-0.05, 0) is 44.0 Å². The summed E-state index contributed by atoms with van der Waals surface area (Å²) in [7, 11) is 0. The van der Waals surface area contributed by atoms with Crippen LogP contribution >= 0.6 is 0 Å². The van der Waals surface area contributed by atoms with Crippen LogP contribution in [0.1, 0.15) is 37.4 Å². The lowest BCUT2D eigenvalue weighted by molar-refractivity contribution is 0.0691. The van der Waals surface area contributed by atoms with Crippen LogP contribution in [-0.2, 0) is 0 Å². The van der Waals surface area contributed by atoms with Crippen LogP contribution in [0.3, 0.4) is 0 Å². The zero-order chi connectivity index (χ0) is 15.6. The Labute approximate surface area is 123 Å². The second kappa shape index (κ2) is 5.79. The highest BCUT2D eigenvalue weighted by Crippen LogP contribution is 2.20. The van der Waals surface area contributed by atoms with Crippen LogP contribution in [0.15, 0.2) is 36.4 Å². The highest BCUT2D eigenvalue weighted by molar-refractivity contribution is 6.12. The SMILES string of the molecule is Cc1ccc(NC(=O)c2c(C)ccc(C)c2C(=O)O)cc1. The number of hydrogen-bond donors (Lipinski definition) is 2. The number of carboxylic acid groups (broad SMARTS) is 1. The third kappa shape index (κ3) is 3.11. The zero-order valence-corrected chi connectivity index (χ0v) is 12.2. The Kier molecular flexibility index (Phi) is 4.08. The molecular formula is C17H17NO3. The Balaban J connectivity index is 2.41. The summed E-state index contributed by atoms with van der Waals surface area (Å²) < 4.78 is 0. The molecule has 0 atom stereocenters. The summed E-state index contributed by atoms with van der Waals surface area (Å²) in [6.45, 7) is 5.38. The van der Waals surface area contributed by atoms with Crippen LogP contribution in [0.5, 0.6) is 0 Å². The van der Waals surface area contributed by atoms with Crippen molar-refractivity contribution < 1.29 is 14.7 Å². The summed E-state index contributed by atoms with van der Waals surface area (Å²) in [6, 6.07) is 10.8. The first-order valence-electron chi connectivity index (χ1n) is 6.61. The average molecular weight is 283 g/mol. The highest BCUT2D eigenvalue weighted by atomic mass is 16.4. The van der Waals surface area contributed by atoms with E-state index in [-0.39, 0.29) is 11.1 Å². The fraction of sp³-hybridized carbons (Fsp3) is 0.176. The van der Waals surface area contributed by atoms with Crippen molar-refractivity contribution in [3.63, 3.8) is 0 Å². The number of nitrogens with one attached hydrogen (secondary N) is 1. The number of amides is 1. The van der Waals surface area contributed by atoms with Crippen molar-refractivity contribution in [2.24, 2.45) is 0 Å². The molecule has 0 aliphatic rings. The number of hydrogen-bond acceptors (Lipinski definition) is 2. The van der Waals surface area contributed by atoms with Gasteiger partial charge in [0.25, 0.3) is 5.91 Å². The standard InChI is InChI=1S/C17H17NO3/c1-10-4-8-13(9-5-10)18-16(19)14-11(2)6-7-12(3)15(14)17(20)21/h4-9H,1-3H3,(H,18,19)(H,20,21). The number of anilines is 1. The molecule has 0 fully saturated rings. The average Bonchev–Trinajstić information content (AvgIpc) is 2.43. The van der Waals surface area contributed by atoms with E-state index in [1.54, 1.807) is 38.1 Å². The van der Waals surface area contributed by atoms with Crippen molar-refractivity contribution in [3.8, 4) is 0 Å². The number of carboxylic acids is 1. The molecule has 1 amide bonds. The van der Waals surface area contributed by atoms with Crippen molar-refractivity contribution >= 4 is 17.6 Å². The van der Waals surface area contributed by atoms with E-state index < -0.39 is 11.9 Å². The first-order chi connectivity index (χ1) is 9.90. The molecule has 4 nitrogen and oxygen atoms in total. The highest BCUT2D eigenvalue weighted by Gasteiger charge is 2.21. The largest absolute Gasteiger partial charge is 0.478 e. The molecule has 0 aliphatic carbocycles. The number of carbonyl (C=O) groups is 2. The molecule has 0 saturated heterocycles. The predicted octanol–water partition coefficient (Wildman–Crippen LogP) is 3.56. The van der Waals surface area contributed by atoms with Gasteiger partial charge >= 0.3 is 5.97 Å². The molecule has 21 heavy (non-hydrogen) atoms. The Hall–Kier alpha value is -2.62. The minimum absolute atomic E-state index is 0.0552. The molecule has 2 aromatic rings. The van der Waals surface area contributed by atoms with Gasteiger partial charge in [0.2, 0.25) is 0 Å². The maximum Gasteiger partial charge on any atom is 0.336 e. The number of carbonyl (C=O) groups excluding carboxylic acids is 1. The molecule has 4 heteroatoms. The summed E-state index contributed by atoms with van der Waals surface area (Å²) in [4.78, 5) is 23.8. The third-order valence-electron chi connectivity index (χ3n) is 3.37. The molecule has 2 N–H and O–H groups in total. The Morgan fingerprint density at radius 1 is 0.857 bits per heavy atom. The molecular weight excluding hydrogens is 266 g/mol. The molecule has 0 saturated carbocycles. The summed E-state index contributed by atoms with van der Waals surface area (Å²) in [5.74, 6) is -1.50. The molecule has 0 bridgehead atoms. The maximum absolute atomic E-state index is 12.4. The van der Waals surface area contributed by atoms with Crippen molar-refractivity contribution in [3.05, 3.63) is 64.2 Å². The number of benzene rings is 2. The second-order valence-electron chi connectivity index (χ2n) is 5.07. The predicted molar refractivity (Wildman–Crippen MR) is 82.0 cm³/mol. The van der Waals surface area contributed by atoms with Crippen LogP contribution in [-0.4, -0.2) is 17.0 Å². The molecule has 0 aliphatic heterocycles. The van der Waals surface area contributed by atoms with Gasteiger partial charge in [0.1, 0.15) is 0 Å². The van der Waals surface area contributed by atoms with Crippen molar-refractivity contribution in [2.45, 2.75) is 20.8 Å². The van der Waals surface area contributed by atoms with Crippen LogP contribution < -0.4 is 5.32 Å². The fourth-order valence-corrected chi connectivity index (χ4v) is 2.21. The minimum Gasteiger partial charge on any atom is -0.478 e. The Morgan fingerprint density at radius 3 is 1.90 bits per heavy atom. The summed E-state index contributed by atoms with van der Waals surface area (Å²) in [5, 5.41) is 12.1. The van der Waals surface area contributed by atoms with Crippen molar-refractivity contribution in [2.75, 3.05) is 5.32 Å². The third-order valence-corrected chi connectivity index (χ3v) is 3.37. The number of rotatable bonds is 3. The van der Waals surface area contributed by atoms with E-state index in [0.717, 1.165) is 5.56 Å². The van der Waals surface area contributed by atoms with E-state index in [4.69, 9.17) is 0 Å². The Bertz CT molecular complexity index is 703. The van der Waals surface area contributed by atoms with Gasteiger partial charge in [-0.1, -0.05) is 29.8 Å². The van der Waals surface area contributed by atoms with Crippen LogP contribution in [0.2, 0.25) is 0 Å². The fourth-order valence-electron chi connectivity index (χ4n) is 2.21. The minimum atomic E-state index is -1.09. The van der Waals surface area contributed by atoms with Gasteiger partial charge in [0, 0.05) is 5.69 Å². The lowest BCUT2D eigenvalue weighted by Gasteiger charge is -2.13. The lowest BCUT2D eigenvalue weighted by atomic mass is 9.96. The van der Waals surface area contributed by atoms with E-state index >= 15 is 0 Å². The van der Waals surface area contributed by atoms with E-state index in [1.807, 2.05) is 19.1 Å². The van der Waals surface area contributed by atoms with Gasteiger partial charge in [-0.2, -0.15) is 0 Å². The maximum atomic E-state index is 12.4. The van der Waals surface area contributed by atoms with Gasteiger partial charge in [0.05, 0.1) is 11.1 Å². The molecule has 0 radical (unpaired) electrons. The molecule has 0 spiro atoms. The molecule has 108 valence electrons. The van der Waals surface area contributed by atoms with Gasteiger partial charge in [0.15, 0.2) is 0 Å². The smallest absolute Gasteiger partial charge is 0.336 e. The molecule has 0 aromatic heterocycles. The van der Waals surface area contributed by atoms with Crippen molar-refractivity contribution in [1.29, 1.82) is 0 Å². The van der Waals surface area contributed by atoms with Crippen LogP contribution in [0.4, 0.5) is 5.69 Å². The van der Waals surface area contributed by atoms with E-state index in [2.05, 4.69) is 5.32 Å². The lowest BCUT2D eigenvalue weighted by Crippen LogP contribution is -2.19. The zero-order valence-electron chi connectivity index (χ0n) is 12.2. The first-order valence-corrected chi connectivity index (χ1v) is 6.61. The van der Waals surface area contributed by atoms with Gasteiger partial charge in [-0.25, -0.2) is 4.79 Å². The number of aromatic carboxylic acids is 1. The first kappa shape index (κ1) is 14.8. The van der Waals surface area contributed by atoms with Gasteiger partial charge < -0.3 is 10.4 Å². The Morgan fingerprint density at radius 2 is 1.38 bits per heavy atom. The summed E-state index contributed by atoms with van der Waals surface area (Å²) in [5.41, 5.74) is 3.21. The van der Waals surface area contributed by atoms with E-state index in [1.165, 1.54) is 0 Å². The van der Waals surface area contributed by atoms with Crippen LogP contribution in [0, 0.1) is 20.8 Å². The second-order valence-corrected chi connectivity index (χ2v) is 5.07. The number of aryl methyl sites for hydroxylation is 3. The van der Waals surface area contributed by atoms with Gasteiger partial charge in [-0.15, -0.1) is 0 Å². The normalized spacial score (nSPS) is 10.2. The summed E-state index contributed by atoms with van der Waals surface area (Å²) in [6.07, 6.45) is 0. The van der Waals surface area contributed by atoms with Crippen LogP contribution in [0.25, 0.3) is 0 Å².